The van der Waals surface area contributed by atoms with Gasteiger partial charge in [0.05, 0.1) is 31.3 Å². The molecule has 2 aromatic carbocycles. The highest BCUT2D eigenvalue weighted by atomic mass is 32.2. The van der Waals surface area contributed by atoms with Crippen LogP contribution in [0.2, 0.25) is 0 Å². The molecule has 0 bridgehead atoms. The summed E-state index contributed by atoms with van der Waals surface area (Å²) >= 11 is 0. The summed E-state index contributed by atoms with van der Waals surface area (Å²) in [6, 6.07) is 6.54. The number of nitrogens with zero attached hydrogens (tertiary/aromatic N) is 1. The zero-order valence-electron chi connectivity index (χ0n) is 14.8. The molecule has 0 fully saturated rings. The molecule has 0 radical (unpaired) electrons. The van der Waals surface area contributed by atoms with Gasteiger partial charge >= 0.3 is 0 Å². The van der Waals surface area contributed by atoms with Crippen LogP contribution in [0.15, 0.2) is 41.3 Å². The molecule has 10 heteroatoms. The lowest BCUT2D eigenvalue weighted by atomic mass is 10.3. The summed E-state index contributed by atoms with van der Waals surface area (Å²) in [7, 11) is -0.0742. The molecular formula is C17H18F2N2O5S. The summed E-state index contributed by atoms with van der Waals surface area (Å²) in [4.78, 5) is 11.9. The normalized spacial score (nSPS) is 11.3. The van der Waals surface area contributed by atoms with Gasteiger partial charge in [-0.05, 0) is 24.3 Å². The van der Waals surface area contributed by atoms with Crippen LogP contribution in [0.5, 0.6) is 11.5 Å². The second kappa shape index (κ2) is 8.31. The second-order valence-electron chi connectivity index (χ2n) is 5.45. The molecule has 0 aliphatic heterocycles. The van der Waals surface area contributed by atoms with E-state index in [9.17, 15) is 22.0 Å². The average Bonchev–Trinajstić information content (AvgIpc) is 2.63. The molecule has 146 valence electrons. The molecule has 0 heterocycles. The predicted octanol–water partition coefficient (Wildman–Crippen LogP) is 2.24. The maximum absolute atomic E-state index is 13.6. The van der Waals surface area contributed by atoms with Gasteiger partial charge in [0.25, 0.3) is 0 Å². The van der Waals surface area contributed by atoms with Crippen LogP contribution in [-0.4, -0.2) is 46.4 Å². The molecule has 2 rings (SSSR count). The van der Waals surface area contributed by atoms with E-state index in [-0.39, 0.29) is 16.3 Å². The second-order valence-corrected chi connectivity index (χ2v) is 7.50. The highest BCUT2D eigenvalue weighted by Gasteiger charge is 2.24. The fourth-order valence-electron chi connectivity index (χ4n) is 2.23. The maximum Gasteiger partial charge on any atom is 0.243 e. The van der Waals surface area contributed by atoms with Crippen LogP contribution in [0.25, 0.3) is 0 Å². The van der Waals surface area contributed by atoms with E-state index in [1.54, 1.807) is 0 Å². The smallest absolute Gasteiger partial charge is 0.243 e. The van der Waals surface area contributed by atoms with Gasteiger partial charge < -0.3 is 14.8 Å². The average molecular weight is 400 g/mol. The first-order chi connectivity index (χ1) is 12.7. The summed E-state index contributed by atoms with van der Waals surface area (Å²) in [6.45, 7) is -0.605. The zero-order chi connectivity index (χ0) is 20.2. The zero-order valence-corrected chi connectivity index (χ0v) is 15.6. The predicted molar refractivity (Wildman–Crippen MR) is 94.3 cm³/mol. The van der Waals surface area contributed by atoms with Crippen molar-refractivity contribution >= 4 is 21.6 Å². The number of halogens is 2. The Balaban J connectivity index is 2.17. The molecule has 0 spiro atoms. The lowest BCUT2D eigenvalue weighted by molar-refractivity contribution is -0.116. The van der Waals surface area contributed by atoms with Gasteiger partial charge in [-0.15, -0.1) is 0 Å². The summed E-state index contributed by atoms with van der Waals surface area (Å²) < 4.78 is 62.9. The number of ether oxygens (including phenoxy) is 2. The number of amides is 1. The Morgan fingerprint density at radius 3 is 2.37 bits per heavy atom. The number of hydrogen-bond acceptors (Lipinski definition) is 5. The van der Waals surface area contributed by atoms with E-state index in [0.717, 1.165) is 22.5 Å². The summed E-state index contributed by atoms with van der Waals surface area (Å²) in [5.74, 6) is -1.85. The Morgan fingerprint density at radius 2 is 1.74 bits per heavy atom. The molecule has 0 aromatic heterocycles. The van der Waals surface area contributed by atoms with Crippen LogP contribution in [0.3, 0.4) is 0 Å². The molecule has 1 amide bonds. The van der Waals surface area contributed by atoms with Crippen molar-refractivity contribution in [2.75, 3.05) is 33.1 Å². The topological polar surface area (TPSA) is 84.9 Å². The van der Waals surface area contributed by atoms with E-state index in [2.05, 4.69) is 5.32 Å². The number of nitrogens with one attached hydrogen (secondary N) is 1. The Hall–Kier alpha value is -2.72. The van der Waals surface area contributed by atoms with Crippen LogP contribution in [-0.2, 0) is 14.8 Å². The largest absolute Gasteiger partial charge is 0.493 e. The van der Waals surface area contributed by atoms with Gasteiger partial charge in [0, 0.05) is 19.2 Å². The van der Waals surface area contributed by atoms with Crippen molar-refractivity contribution in [2.45, 2.75) is 4.90 Å². The Labute approximate surface area is 155 Å². The molecule has 0 aliphatic carbocycles. The lowest BCUT2D eigenvalue weighted by Gasteiger charge is -2.18. The van der Waals surface area contributed by atoms with Crippen LogP contribution in [0.4, 0.5) is 14.5 Å². The number of sulfonamides is 1. The van der Waals surface area contributed by atoms with Gasteiger partial charge in [-0.1, -0.05) is 0 Å². The van der Waals surface area contributed by atoms with Crippen molar-refractivity contribution in [3.05, 3.63) is 48.0 Å². The van der Waals surface area contributed by atoms with Gasteiger partial charge in [0.2, 0.25) is 15.9 Å². The first kappa shape index (κ1) is 20.6. The number of carbonyl (C=O) groups is 1. The quantitative estimate of drug-likeness (QED) is 0.771. The van der Waals surface area contributed by atoms with Crippen molar-refractivity contribution < 1.29 is 31.5 Å². The third-order valence-corrected chi connectivity index (χ3v) is 5.43. The number of carbonyl (C=O) groups excluding carboxylic acids is 1. The summed E-state index contributed by atoms with van der Waals surface area (Å²) in [6.07, 6.45) is 0. The highest BCUT2D eigenvalue weighted by Crippen LogP contribution is 2.30. The van der Waals surface area contributed by atoms with Crippen LogP contribution in [0, 0.1) is 11.6 Å². The van der Waals surface area contributed by atoms with Crippen molar-refractivity contribution in [1.29, 1.82) is 0 Å². The monoisotopic (exact) mass is 400 g/mol. The maximum atomic E-state index is 13.6. The fraction of sp³-hybridized carbons (Fsp3) is 0.235. The van der Waals surface area contributed by atoms with Crippen molar-refractivity contribution in [3.8, 4) is 11.5 Å². The van der Waals surface area contributed by atoms with E-state index in [0.29, 0.717) is 5.75 Å². The van der Waals surface area contributed by atoms with Crippen molar-refractivity contribution in [1.82, 2.24) is 4.31 Å². The van der Waals surface area contributed by atoms with E-state index in [1.165, 1.54) is 39.5 Å². The van der Waals surface area contributed by atoms with Crippen LogP contribution < -0.4 is 14.8 Å². The van der Waals surface area contributed by atoms with Crippen LogP contribution in [0.1, 0.15) is 0 Å². The Morgan fingerprint density at radius 1 is 1.07 bits per heavy atom. The molecule has 0 atom stereocenters. The number of hydrogen-bond donors (Lipinski definition) is 1. The van der Waals surface area contributed by atoms with E-state index < -0.39 is 34.1 Å². The molecule has 1 N–H and O–H groups in total. The van der Waals surface area contributed by atoms with Gasteiger partial charge in [-0.3, -0.25) is 4.79 Å². The minimum atomic E-state index is -4.03. The van der Waals surface area contributed by atoms with E-state index in [1.807, 2.05) is 0 Å². The molecule has 2 aromatic rings. The molecule has 7 nitrogen and oxygen atoms in total. The van der Waals surface area contributed by atoms with Crippen molar-refractivity contribution in [2.24, 2.45) is 0 Å². The fourth-order valence-corrected chi connectivity index (χ4v) is 3.37. The third-order valence-electron chi connectivity index (χ3n) is 3.63. The number of benzene rings is 2. The Kier molecular flexibility index (Phi) is 6.34. The minimum absolute atomic E-state index is 0.118. The molecule has 27 heavy (non-hydrogen) atoms. The summed E-state index contributed by atoms with van der Waals surface area (Å²) in [5, 5.41) is 2.14. The SMILES string of the molecule is COc1ccc(S(=O)(=O)N(C)CC(=O)Nc2cc(F)ccc2F)cc1OC. The van der Waals surface area contributed by atoms with E-state index in [4.69, 9.17) is 9.47 Å². The number of rotatable bonds is 7. The van der Waals surface area contributed by atoms with Gasteiger partial charge in [-0.2, -0.15) is 4.31 Å². The van der Waals surface area contributed by atoms with Gasteiger partial charge in [-0.25, -0.2) is 17.2 Å². The molecule has 0 aliphatic rings. The molecule has 0 unspecified atom stereocenters. The molecular weight excluding hydrogens is 382 g/mol. The van der Waals surface area contributed by atoms with Gasteiger partial charge in [0.1, 0.15) is 11.6 Å². The number of anilines is 1. The molecule has 0 saturated heterocycles. The summed E-state index contributed by atoms with van der Waals surface area (Å²) in [5.41, 5.74) is -0.378. The molecule has 0 saturated carbocycles. The number of likely N-dealkylation sites (N-methyl/N-ethyl adjacent to an activating group) is 1. The van der Waals surface area contributed by atoms with Crippen LogP contribution >= 0.6 is 0 Å². The van der Waals surface area contributed by atoms with E-state index >= 15 is 0 Å². The number of methoxy groups -OCH3 is 2. The first-order valence-corrected chi connectivity index (χ1v) is 9.06. The Bertz CT molecular complexity index is 950. The standard InChI is InChI=1S/C17H18F2N2O5S/c1-21(10-17(22)20-14-8-11(18)4-6-13(14)19)27(23,24)12-5-7-15(25-2)16(9-12)26-3/h4-9H,10H2,1-3H3,(H,20,22). The lowest BCUT2D eigenvalue weighted by Crippen LogP contribution is -2.35. The highest BCUT2D eigenvalue weighted by molar-refractivity contribution is 7.89. The first-order valence-electron chi connectivity index (χ1n) is 7.62. The van der Waals surface area contributed by atoms with Gasteiger partial charge in [0.15, 0.2) is 11.5 Å². The minimum Gasteiger partial charge on any atom is -0.493 e. The van der Waals surface area contributed by atoms with Crippen molar-refractivity contribution in [3.63, 3.8) is 0 Å². The third kappa shape index (κ3) is 4.72.